The molecule has 2 fully saturated rings. The fourth-order valence-corrected chi connectivity index (χ4v) is 4.75. The first kappa shape index (κ1) is 23.5. The molecule has 1 aliphatic heterocycles. The molecule has 1 saturated heterocycles. The van der Waals surface area contributed by atoms with Gasteiger partial charge in [0, 0.05) is 32.9 Å². The van der Waals surface area contributed by atoms with Gasteiger partial charge in [0.15, 0.2) is 0 Å². The van der Waals surface area contributed by atoms with Crippen LogP contribution in [0.5, 0.6) is 5.75 Å². The molecule has 1 aromatic heterocycles. The molecule has 1 saturated carbocycles. The minimum absolute atomic E-state index is 0.0205. The topological polar surface area (TPSA) is 54.5 Å². The Morgan fingerprint density at radius 2 is 1.85 bits per heavy atom. The predicted octanol–water partition coefficient (Wildman–Crippen LogP) is 4.90. The zero-order valence-corrected chi connectivity index (χ0v) is 18.8. The summed E-state index contributed by atoms with van der Waals surface area (Å²) in [5, 5.41) is 2.67. The Morgan fingerprint density at radius 3 is 2.48 bits per heavy atom. The summed E-state index contributed by atoms with van der Waals surface area (Å²) in [6.07, 6.45) is 1.60. The second-order valence-electron chi connectivity index (χ2n) is 9.03. The van der Waals surface area contributed by atoms with Crippen molar-refractivity contribution < 1.29 is 22.7 Å². The maximum absolute atomic E-state index is 13.7. The zero-order chi connectivity index (χ0) is 23.4. The first-order valence-corrected chi connectivity index (χ1v) is 11.5. The van der Waals surface area contributed by atoms with Crippen LogP contribution >= 0.6 is 0 Å². The van der Waals surface area contributed by atoms with E-state index in [1.807, 2.05) is 24.3 Å². The maximum Gasteiger partial charge on any atom is 0.416 e. The number of nitrogens with one attached hydrogen (secondary N) is 1. The second kappa shape index (κ2) is 10.1. The fourth-order valence-electron chi connectivity index (χ4n) is 4.75. The van der Waals surface area contributed by atoms with Crippen molar-refractivity contribution in [2.24, 2.45) is 5.92 Å². The molecule has 2 heterocycles. The lowest BCUT2D eigenvalue weighted by Gasteiger charge is -2.38. The van der Waals surface area contributed by atoms with Crippen molar-refractivity contribution in [1.29, 1.82) is 0 Å². The van der Waals surface area contributed by atoms with E-state index in [0.717, 1.165) is 63.4 Å². The molecule has 4 rings (SSSR count). The number of likely N-dealkylation sites (tertiary alicyclic amines) is 1. The van der Waals surface area contributed by atoms with Crippen molar-refractivity contribution in [3.8, 4) is 5.75 Å². The normalized spacial score (nSPS) is 18.1. The summed E-state index contributed by atoms with van der Waals surface area (Å²) in [5.41, 5.74) is 1.10. The Labute approximate surface area is 192 Å². The van der Waals surface area contributed by atoms with E-state index in [0.29, 0.717) is 11.3 Å². The molecule has 0 unspecified atom stereocenters. The SMILES string of the molecule is CNC(=O)C1CN(Cc2ccc(OCc3cc(C(F)(F)F)c(C4CCCCC4)cn3)cc2)C1. The molecule has 178 valence electrons. The Bertz CT molecular complexity index is 950. The van der Waals surface area contributed by atoms with Crippen molar-refractivity contribution >= 4 is 5.91 Å². The lowest BCUT2D eigenvalue weighted by molar-refractivity contribution is -0.138. The molecule has 0 bridgehead atoms. The summed E-state index contributed by atoms with van der Waals surface area (Å²) in [5.74, 6) is 0.640. The Morgan fingerprint density at radius 1 is 1.15 bits per heavy atom. The van der Waals surface area contributed by atoms with Crippen LogP contribution in [0, 0.1) is 5.92 Å². The van der Waals surface area contributed by atoms with E-state index < -0.39 is 11.7 Å². The number of rotatable bonds is 7. The third-order valence-electron chi connectivity index (χ3n) is 6.63. The van der Waals surface area contributed by atoms with Crippen molar-refractivity contribution in [3.05, 3.63) is 58.9 Å². The minimum Gasteiger partial charge on any atom is -0.487 e. The van der Waals surface area contributed by atoms with Gasteiger partial charge in [0.05, 0.1) is 17.2 Å². The Balaban J connectivity index is 1.34. The van der Waals surface area contributed by atoms with Crippen LogP contribution in [0.25, 0.3) is 0 Å². The molecule has 8 heteroatoms. The largest absolute Gasteiger partial charge is 0.487 e. The van der Waals surface area contributed by atoms with E-state index in [1.165, 1.54) is 6.20 Å². The van der Waals surface area contributed by atoms with Crippen LogP contribution in [-0.4, -0.2) is 35.9 Å². The molecular formula is C25H30F3N3O2. The van der Waals surface area contributed by atoms with E-state index in [1.54, 1.807) is 7.05 Å². The molecule has 2 aliphatic rings. The van der Waals surface area contributed by atoms with Gasteiger partial charge >= 0.3 is 6.18 Å². The van der Waals surface area contributed by atoms with Crippen LogP contribution in [0.4, 0.5) is 13.2 Å². The van der Waals surface area contributed by atoms with Gasteiger partial charge in [0.25, 0.3) is 0 Å². The highest BCUT2D eigenvalue weighted by Crippen LogP contribution is 2.40. The molecule has 5 nitrogen and oxygen atoms in total. The molecular weight excluding hydrogens is 431 g/mol. The highest BCUT2D eigenvalue weighted by atomic mass is 19.4. The summed E-state index contributed by atoms with van der Waals surface area (Å²) < 4.78 is 46.9. The number of halogens is 3. The van der Waals surface area contributed by atoms with Gasteiger partial charge in [-0.25, -0.2) is 0 Å². The molecule has 0 radical (unpaired) electrons. The van der Waals surface area contributed by atoms with E-state index in [4.69, 9.17) is 4.74 Å². The third-order valence-corrected chi connectivity index (χ3v) is 6.63. The number of ether oxygens (including phenoxy) is 1. The first-order valence-electron chi connectivity index (χ1n) is 11.5. The van der Waals surface area contributed by atoms with Crippen molar-refractivity contribution in [2.75, 3.05) is 20.1 Å². The Hall–Kier alpha value is -2.61. The molecule has 2 aromatic rings. The Kier molecular flexibility index (Phi) is 7.22. The van der Waals surface area contributed by atoms with Crippen LogP contribution in [0.15, 0.2) is 36.5 Å². The number of nitrogens with zero attached hydrogens (tertiary/aromatic N) is 2. The number of pyridine rings is 1. The summed E-state index contributed by atoms with van der Waals surface area (Å²) in [6, 6.07) is 8.64. The molecule has 1 amide bonds. The average molecular weight is 462 g/mol. The predicted molar refractivity (Wildman–Crippen MR) is 119 cm³/mol. The smallest absolute Gasteiger partial charge is 0.416 e. The van der Waals surface area contributed by atoms with Crippen molar-refractivity contribution in [3.63, 3.8) is 0 Å². The summed E-state index contributed by atoms with van der Waals surface area (Å²) in [7, 11) is 1.65. The number of aromatic nitrogens is 1. The average Bonchev–Trinajstić information content (AvgIpc) is 2.80. The molecule has 1 aromatic carbocycles. The van der Waals surface area contributed by atoms with Crippen LogP contribution in [-0.2, 0) is 24.1 Å². The highest BCUT2D eigenvalue weighted by Gasteiger charge is 2.36. The number of alkyl halides is 3. The molecule has 0 atom stereocenters. The van der Waals surface area contributed by atoms with Gasteiger partial charge < -0.3 is 10.1 Å². The summed E-state index contributed by atoms with van der Waals surface area (Å²) >= 11 is 0. The minimum atomic E-state index is -4.40. The summed E-state index contributed by atoms with van der Waals surface area (Å²) in [6.45, 7) is 2.20. The molecule has 0 spiro atoms. The van der Waals surface area contributed by atoms with E-state index >= 15 is 0 Å². The van der Waals surface area contributed by atoms with Gasteiger partial charge in [0.1, 0.15) is 12.4 Å². The van der Waals surface area contributed by atoms with Gasteiger partial charge in [-0.15, -0.1) is 0 Å². The fraction of sp³-hybridized carbons (Fsp3) is 0.520. The number of hydrogen-bond donors (Lipinski definition) is 1. The number of benzene rings is 1. The monoisotopic (exact) mass is 461 g/mol. The van der Waals surface area contributed by atoms with Gasteiger partial charge in [-0.3, -0.25) is 14.7 Å². The van der Waals surface area contributed by atoms with Crippen molar-refractivity contribution in [1.82, 2.24) is 15.2 Å². The van der Waals surface area contributed by atoms with Crippen LogP contribution in [0.1, 0.15) is 60.4 Å². The number of carbonyl (C=O) groups is 1. The lowest BCUT2D eigenvalue weighted by atomic mass is 9.82. The molecule has 1 aliphatic carbocycles. The first-order chi connectivity index (χ1) is 15.8. The van der Waals surface area contributed by atoms with E-state index in [2.05, 4.69) is 15.2 Å². The second-order valence-corrected chi connectivity index (χ2v) is 9.03. The van der Waals surface area contributed by atoms with Crippen molar-refractivity contribution in [2.45, 2.75) is 57.3 Å². The van der Waals surface area contributed by atoms with E-state index in [9.17, 15) is 18.0 Å². The highest BCUT2D eigenvalue weighted by molar-refractivity contribution is 5.79. The quantitative estimate of drug-likeness (QED) is 0.637. The lowest BCUT2D eigenvalue weighted by Crippen LogP contribution is -2.52. The number of carbonyl (C=O) groups excluding carboxylic acids is 1. The number of amides is 1. The zero-order valence-electron chi connectivity index (χ0n) is 18.8. The van der Waals surface area contributed by atoms with Crippen LogP contribution in [0.3, 0.4) is 0 Å². The van der Waals surface area contributed by atoms with Gasteiger partial charge in [-0.2, -0.15) is 13.2 Å². The maximum atomic E-state index is 13.7. The molecule has 33 heavy (non-hydrogen) atoms. The van der Waals surface area contributed by atoms with Gasteiger partial charge in [-0.05, 0) is 48.1 Å². The van der Waals surface area contributed by atoms with Gasteiger partial charge in [0.2, 0.25) is 5.91 Å². The molecule has 1 N–H and O–H groups in total. The van der Waals surface area contributed by atoms with Gasteiger partial charge in [-0.1, -0.05) is 31.4 Å². The third kappa shape index (κ3) is 5.85. The van der Waals surface area contributed by atoms with E-state index in [-0.39, 0.29) is 30.0 Å². The standard InChI is InChI=1S/C25H30F3N3O2/c1-29-24(32)19-14-31(15-19)13-17-7-9-21(10-8-17)33-16-20-11-23(25(26,27)28)22(12-30-20)18-5-3-2-4-6-18/h7-12,18-19H,2-6,13-16H2,1H3,(H,29,32). The number of hydrogen-bond acceptors (Lipinski definition) is 4. The van der Waals surface area contributed by atoms with Crippen LogP contribution < -0.4 is 10.1 Å². The van der Waals surface area contributed by atoms with Crippen LogP contribution in [0.2, 0.25) is 0 Å². The summed E-state index contributed by atoms with van der Waals surface area (Å²) in [4.78, 5) is 18.0.